The van der Waals surface area contributed by atoms with Crippen molar-refractivity contribution in [1.29, 1.82) is 0 Å². The highest BCUT2D eigenvalue weighted by Crippen LogP contribution is 2.27. The van der Waals surface area contributed by atoms with Crippen LogP contribution in [-0.2, 0) is 16.9 Å². The van der Waals surface area contributed by atoms with Gasteiger partial charge < -0.3 is 15.8 Å². The fourth-order valence-corrected chi connectivity index (χ4v) is 4.79. The maximum absolute atomic E-state index is 13.1. The number of sulfone groups is 1. The number of rotatable bonds is 7. The molecule has 0 radical (unpaired) electrons. The summed E-state index contributed by atoms with van der Waals surface area (Å²) in [6.45, 7) is 0. The number of nitrogens with two attached hydrogens (primary N) is 1. The van der Waals surface area contributed by atoms with Gasteiger partial charge in [-0.15, -0.1) is 0 Å². The van der Waals surface area contributed by atoms with Crippen molar-refractivity contribution in [3.8, 4) is 17.0 Å². The van der Waals surface area contributed by atoms with Crippen LogP contribution in [0.3, 0.4) is 0 Å². The van der Waals surface area contributed by atoms with Crippen LogP contribution in [0.4, 0.5) is 0 Å². The molecule has 11 heteroatoms. The van der Waals surface area contributed by atoms with Crippen LogP contribution in [-0.4, -0.2) is 53.4 Å². The van der Waals surface area contributed by atoms with Gasteiger partial charge in [-0.3, -0.25) is 14.3 Å². The molecule has 0 saturated heterocycles. The van der Waals surface area contributed by atoms with E-state index in [1.54, 1.807) is 48.4 Å². The van der Waals surface area contributed by atoms with E-state index in [0.29, 0.717) is 31.2 Å². The molecule has 184 valence electrons. The predicted octanol–water partition coefficient (Wildman–Crippen LogP) is 2.10. The van der Waals surface area contributed by atoms with Crippen LogP contribution in [0.15, 0.2) is 53.8 Å². The zero-order chi connectivity index (χ0) is 25.2. The first-order valence-corrected chi connectivity index (χ1v) is 13.1. The molecule has 1 aliphatic carbocycles. The van der Waals surface area contributed by atoms with Gasteiger partial charge in [-0.05, 0) is 61.6 Å². The average molecular weight is 498 g/mol. The lowest BCUT2D eigenvalue weighted by Crippen LogP contribution is -2.40. The Bertz CT molecular complexity index is 1360. The fraction of sp³-hybridized carbons (Fsp3) is 0.333. The lowest BCUT2D eigenvalue weighted by atomic mass is 9.92. The van der Waals surface area contributed by atoms with Crippen LogP contribution in [0, 0.1) is 0 Å². The van der Waals surface area contributed by atoms with Crippen LogP contribution in [0.5, 0.6) is 5.88 Å². The molecular formula is C24H27N5O5S. The number of carbonyl (C=O) groups is 2. The van der Waals surface area contributed by atoms with Gasteiger partial charge in [-0.2, -0.15) is 5.10 Å². The highest BCUT2D eigenvalue weighted by Gasteiger charge is 2.26. The van der Waals surface area contributed by atoms with Crippen LogP contribution in [0.2, 0.25) is 0 Å². The maximum atomic E-state index is 13.1. The predicted molar refractivity (Wildman–Crippen MR) is 129 cm³/mol. The van der Waals surface area contributed by atoms with Crippen molar-refractivity contribution in [1.82, 2.24) is 20.1 Å². The molecule has 3 N–H and O–H groups in total. The summed E-state index contributed by atoms with van der Waals surface area (Å²) in [6, 6.07) is 7.71. The largest absolute Gasteiger partial charge is 0.474 e. The highest BCUT2D eigenvalue weighted by atomic mass is 32.2. The first kappa shape index (κ1) is 24.4. The number of nitrogens with one attached hydrogen (secondary N) is 1. The number of nitrogens with zero attached hydrogens (tertiary/aromatic N) is 3. The first-order valence-electron chi connectivity index (χ1n) is 11.2. The Kier molecular flexibility index (Phi) is 6.88. The van der Waals surface area contributed by atoms with Crippen molar-refractivity contribution >= 4 is 21.7 Å². The number of benzene rings is 1. The summed E-state index contributed by atoms with van der Waals surface area (Å²) in [4.78, 5) is 28.8. The van der Waals surface area contributed by atoms with Crippen LogP contribution < -0.4 is 15.8 Å². The van der Waals surface area contributed by atoms with Crippen LogP contribution >= 0.6 is 0 Å². The Labute approximate surface area is 203 Å². The summed E-state index contributed by atoms with van der Waals surface area (Å²) in [5.41, 5.74) is 7.21. The van der Waals surface area contributed by atoms with Crippen LogP contribution in [0.25, 0.3) is 11.1 Å². The molecule has 1 saturated carbocycles. The van der Waals surface area contributed by atoms with Crippen molar-refractivity contribution in [3.63, 3.8) is 0 Å². The van der Waals surface area contributed by atoms with E-state index in [1.165, 1.54) is 12.3 Å². The number of primary amides is 1. The van der Waals surface area contributed by atoms with Crippen molar-refractivity contribution in [2.45, 2.75) is 42.7 Å². The van der Waals surface area contributed by atoms with Crippen molar-refractivity contribution < 1.29 is 22.7 Å². The maximum Gasteiger partial charge on any atom is 0.254 e. The van der Waals surface area contributed by atoms with Gasteiger partial charge >= 0.3 is 0 Å². The van der Waals surface area contributed by atoms with E-state index in [-0.39, 0.29) is 40.0 Å². The minimum Gasteiger partial charge on any atom is -0.474 e. The van der Waals surface area contributed by atoms with Gasteiger partial charge in [0.1, 0.15) is 11.7 Å². The molecular weight excluding hydrogens is 470 g/mol. The SMILES string of the molecule is Cn1cc(-c2cc(C(=O)NC3CCC(Oc4ncccc4C(N)=O)CC3)cc(S(C)(=O)=O)c2)cn1. The second-order valence-corrected chi connectivity index (χ2v) is 10.7. The molecule has 2 aromatic heterocycles. The number of aromatic nitrogens is 3. The van der Waals surface area contributed by atoms with Gasteiger partial charge in [0, 0.05) is 42.9 Å². The van der Waals surface area contributed by atoms with Crippen molar-refractivity contribution in [2.24, 2.45) is 12.8 Å². The zero-order valence-electron chi connectivity index (χ0n) is 19.5. The normalized spacial score (nSPS) is 18.1. The third-order valence-electron chi connectivity index (χ3n) is 5.96. The Morgan fingerprint density at radius 2 is 1.89 bits per heavy atom. The van der Waals surface area contributed by atoms with E-state index < -0.39 is 15.7 Å². The molecule has 1 aliphatic rings. The third kappa shape index (κ3) is 5.86. The minimum absolute atomic E-state index is 0.0710. The van der Waals surface area contributed by atoms with Crippen molar-refractivity contribution in [3.05, 3.63) is 60.0 Å². The smallest absolute Gasteiger partial charge is 0.254 e. The molecule has 3 aromatic rings. The molecule has 10 nitrogen and oxygen atoms in total. The molecule has 0 unspecified atom stereocenters. The molecule has 0 atom stereocenters. The Morgan fingerprint density at radius 3 is 2.51 bits per heavy atom. The standard InChI is InChI=1S/C24H27N5O5S/c1-29-14-17(13-27-29)15-10-16(12-20(11-15)35(2,32)33)23(31)28-18-5-7-19(8-6-18)34-24-21(22(25)30)4-3-9-26-24/h3-4,9-14,18-19H,5-8H2,1-2H3,(H2,25,30)(H,28,31). The molecule has 0 bridgehead atoms. The van der Waals surface area contributed by atoms with E-state index in [4.69, 9.17) is 10.5 Å². The first-order chi connectivity index (χ1) is 16.6. The third-order valence-corrected chi connectivity index (χ3v) is 7.05. The fourth-order valence-electron chi connectivity index (χ4n) is 4.11. The van der Waals surface area contributed by atoms with Crippen LogP contribution in [0.1, 0.15) is 46.4 Å². The van der Waals surface area contributed by atoms with E-state index in [2.05, 4.69) is 15.4 Å². The molecule has 1 fully saturated rings. The van der Waals surface area contributed by atoms with E-state index >= 15 is 0 Å². The molecule has 4 rings (SSSR count). The summed E-state index contributed by atoms with van der Waals surface area (Å²) in [5, 5.41) is 7.14. The molecule has 0 aliphatic heterocycles. The Hall–Kier alpha value is -3.73. The molecule has 2 heterocycles. The van der Waals surface area contributed by atoms with E-state index in [9.17, 15) is 18.0 Å². The van der Waals surface area contributed by atoms with E-state index in [0.717, 1.165) is 11.8 Å². The summed E-state index contributed by atoms with van der Waals surface area (Å²) in [7, 11) is -1.76. The van der Waals surface area contributed by atoms with Gasteiger partial charge in [0.15, 0.2) is 9.84 Å². The van der Waals surface area contributed by atoms with Gasteiger partial charge in [0.2, 0.25) is 5.88 Å². The zero-order valence-corrected chi connectivity index (χ0v) is 20.3. The number of amides is 2. The summed E-state index contributed by atoms with van der Waals surface area (Å²) in [5.74, 6) is -0.727. The number of ether oxygens (including phenoxy) is 1. The summed E-state index contributed by atoms with van der Waals surface area (Å²) in [6.07, 6.45) is 8.52. The second-order valence-electron chi connectivity index (χ2n) is 8.71. The number of hydrogen-bond donors (Lipinski definition) is 2. The quantitative estimate of drug-likeness (QED) is 0.508. The number of aryl methyl sites for hydroxylation is 1. The van der Waals surface area contributed by atoms with E-state index in [1.807, 2.05) is 0 Å². The molecule has 1 aromatic carbocycles. The Balaban J connectivity index is 1.44. The monoisotopic (exact) mass is 497 g/mol. The van der Waals surface area contributed by atoms with Crippen molar-refractivity contribution in [2.75, 3.05) is 6.26 Å². The lowest BCUT2D eigenvalue weighted by molar-refractivity contribution is 0.0881. The van der Waals surface area contributed by atoms with Gasteiger partial charge in [0.25, 0.3) is 11.8 Å². The minimum atomic E-state index is -3.52. The lowest BCUT2D eigenvalue weighted by Gasteiger charge is -2.29. The number of carbonyl (C=O) groups excluding carboxylic acids is 2. The highest BCUT2D eigenvalue weighted by molar-refractivity contribution is 7.90. The summed E-state index contributed by atoms with van der Waals surface area (Å²) >= 11 is 0. The number of pyridine rings is 1. The average Bonchev–Trinajstić information content (AvgIpc) is 3.26. The summed E-state index contributed by atoms with van der Waals surface area (Å²) < 4.78 is 32.0. The van der Waals surface area contributed by atoms with Gasteiger partial charge in [0.05, 0.1) is 11.1 Å². The molecule has 0 spiro atoms. The molecule has 35 heavy (non-hydrogen) atoms. The van der Waals surface area contributed by atoms with Gasteiger partial charge in [-0.25, -0.2) is 13.4 Å². The van der Waals surface area contributed by atoms with Gasteiger partial charge in [-0.1, -0.05) is 0 Å². The number of hydrogen-bond acceptors (Lipinski definition) is 7. The second kappa shape index (κ2) is 9.87. The molecule has 2 amide bonds. The Morgan fingerprint density at radius 1 is 1.14 bits per heavy atom. The topological polar surface area (TPSA) is 146 Å².